The summed E-state index contributed by atoms with van der Waals surface area (Å²) in [6.45, 7) is 8.02. The molecule has 3 atom stereocenters. The second kappa shape index (κ2) is 5.42. The molecule has 2 nitrogen and oxygen atoms in total. The van der Waals surface area contributed by atoms with Crippen LogP contribution in [-0.4, -0.2) is 11.6 Å². The van der Waals surface area contributed by atoms with Gasteiger partial charge < -0.3 is 4.74 Å². The summed E-state index contributed by atoms with van der Waals surface area (Å²) in [6, 6.07) is 14.8. The second-order valence-electron chi connectivity index (χ2n) is 7.45. The molecule has 0 unspecified atom stereocenters. The Morgan fingerprint density at radius 1 is 1.09 bits per heavy atom. The van der Waals surface area contributed by atoms with Crippen molar-refractivity contribution >= 4 is 16.7 Å². The SMILES string of the molecule is C[C@H]1C[C@@H](C(=O)OC(C)(C)C)[C@@H]1c1cccc2ccccc12. The van der Waals surface area contributed by atoms with Crippen LogP contribution in [0.5, 0.6) is 0 Å². The fourth-order valence-electron chi connectivity index (χ4n) is 3.58. The van der Waals surface area contributed by atoms with E-state index in [9.17, 15) is 4.79 Å². The van der Waals surface area contributed by atoms with Gasteiger partial charge in [-0.3, -0.25) is 4.79 Å². The highest BCUT2D eigenvalue weighted by atomic mass is 16.6. The highest BCUT2D eigenvalue weighted by Crippen LogP contribution is 2.50. The summed E-state index contributed by atoms with van der Waals surface area (Å²) in [5.41, 5.74) is 0.867. The molecule has 2 aromatic carbocycles. The monoisotopic (exact) mass is 296 g/mol. The van der Waals surface area contributed by atoms with E-state index in [4.69, 9.17) is 4.74 Å². The molecule has 0 aromatic heterocycles. The first-order valence-electron chi connectivity index (χ1n) is 8.07. The average Bonchev–Trinajstić information content (AvgIpc) is 2.43. The maximum Gasteiger partial charge on any atom is 0.310 e. The van der Waals surface area contributed by atoms with Gasteiger partial charge in [0.25, 0.3) is 0 Å². The molecule has 0 saturated heterocycles. The normalized spacial score (nSPS) is 24.8. The Morgan fingerprint density at radius 3 is 2.45 bits per heavy atom. The molecule has 0 amide bonds. The lowest BCUT2D eigenvalue weighted by Gasteiger charge is -2.43. The van der Waals surface area contributed by atoms with Gasteiger partial charge in [-0.05, 0) is 49.4 Å². The summed E-state index contributed by atoms with van der Waals surface area (Å²) in [6.07, 6.45) is 0.919. The maximum absolute atomic E-state index is 12.5. The van der Waals surface area contributed by atoms with E-state index in [-0.39, 0.29) is 17.8 Å². The van der Waals surface area contributed by atoms with Gasteiger partial charge >= 0.3 is 5.97 Å². The molecule has 2 heteroatoms. The molecule has 2 aromatic rings. The zero-order valence-corrected chi connectivity index (χ0v) is 13.8. The minimum absolute atomic E-state index is 0.0139. The Labute approximate surface area is 132 Å². The van der Waals surface area contributed by atoms with Gasteiger partial charge in [-0.25, -0.2) is 0 Å². The van der Waals surface area contributed by atoms with Crippen LogP contribution in [0.15, 0.2) is 42.5 Å². The van der Waals surface area contributed by atoms with E-state index in [2.05, 4.69) is 49.4 Å². The van der Waals surface area contributed by atoms with Crippen molar-refractivity contribution in [3.8, 4) is 0 Å². The number of esters is 1. The van der Waals surface area contributed by atoms with E-state index < -0.39 is 5.60 Å². The summed E-state index contributed by atoms with van der Waals surface area (Å²) in [5, 5.41) is 2.50. The highest BCUT2D eigenvalue weighted by Gasteiger charge is 2.45. The fraction of sp³-hybridized carbons (Fsp3) is 0.450. The highest BCUT2D eigenvalue weighted by molar-refractivity contribution is 5.87. The number of carbonyl (C=O) groups excluding carboxylic acids is 1. The molecule has 1 aliphatic carbocycles. The number of fused-ring (bicyclic) bond motifs is 1. The first-order valence-corrected chi connectivity index (χ1v) is 8.07. The van der Waals surface area contributed by atoms with Crippen molar-refractivity contribution in [2.75, 3.05) is 0 Å². The van der Waals surface area contributed by atoms with Gasteiger partial charge in [0.2, 0.25) is 0 Å². The van der Waals surface area contributed by atoms with Gasteiger partial charge in [0.15, 0.2) is 0 Å². The van der Waals surface area contributed by atoms with Gasteiger partial charge in [-0.15, -0.1) is 0 Å². The smallest absolute Gasteiger partial charge is 0.310 e. The minimum Gasteiger partial charge on any atom is -0.460 e. The van der Waals surface area contributed by atoms with Crippen LogP contribution in [0.25, 0.3) is 10.8 Å². The molecule has 116 valence electrons. The van der Waals surface area contributed by atoms with Gasteiger partial charge in [0.1, 0.15) is 5.60 Å². The topological polar surface area (TPSA) is 26.3 Å². The molecule has 0 bridgehead atoms. The third kappa shape index (κ3) is 2.75. The summed E-state index contributed by atoms with van der Waals surface area (Å²) in [7, 11) is 0. The average molecular weight is 296 g/mol. The Morgan fingerprint density at radius 2 is 1.77 bits per heavy atom. The van der Waals surface area contributed by atoms with Crippen molar-refractivity contribution in [3.05, 3.63) is 48.0 Å². The van der Waals surface area contributed by atoms with Crippen LogP contribution in [0.3, 0.4) is 0 Å². The van der Waals surface area contributed by atoms with E-state index in [1.165, 1.54) is 16.3 Å². The molecule has 0 N–H and O–H groups in total. The van der Waals surface area contributed by atoms with E-state index in [0.717, 1.165) is 6.42 Å². The number of ether oxygens (including phenoxy) is 1. The van der Waals surface area contributed by atoms with Crippen molar-refractivity contribution in [2.45, 2.75) is 45.6 Å². The lowest BCUT2D eigenvalue weighted by Crippen LogP contribution is -2.41. The first kappa shape index (κ1) is 15.1. The largest absolute Gasteiger partial charge is 0.460 e. The fourth-order valence-corrected chi connectivity index (χ4v) is 3.58. The molecule has 0 heterocycles. The molecule has 1 saturated carbocycles. The molecule has 0 spiro atoms. The van der Waals surface area contributed by atoms with E-state index in [1.54, 1.807) is 0 Å². The number of benzene rings is 2. The standard InChI is InChI=1S/C20H24O2/c1-13-12-17(19(21)22-20(2,3)4)18(13)16-11-7-9-14-8-5-6-10-15(14)16/h5-11,13,17-18H,12H2,1-4H3/t13-,17+,18-/m0/s1. The van der Waals surface area contributed by atoms with Crippen LogP contribution in [-0.2, 0) is 9.53 Å². The van der Waals surface area contributed by atoms with Crippen molar-refractivity contribution < 1.29 is 9.53 Å². The molecule has 0 radical (unpaired) electrons. The zero-order valence-electron chi connectivity index (χ0n) is 13.8. The van der Waals surface area contributed by atoms with Crippen LogP contribution in [0.1, 0.15) is 45.6 Å². The zero-order chi connectivity index (χ0) is 15.9. The van der Waals surface area contributed by atoms with Crippen LogP contribution < -0.4 is 0 Å². The maximum atomic E-state index is 12.5. The number of hydrogen-bond acceptors (Lipinski definition) is 2. The number of carbonyl (C=O) groups is 1. The predicted octanol–water partition coefficient (Wildman–Crippen LogP) is 4.92. The summed E-state index contributed by atoms with van der Waals surface area (Å²) >= 11 is 0. The number of hydrogen-bond donors (Lipinski definition) is 0. The summed E-state index contributed by atoms with van der Waals surface area (Å²) in [4.78, 5) is 12.5. The third-order valence-corrected chi connectivity index (χ3v) is 4.56. The molecule has 1 aliphatic rings. The van der Waals surface area contributed by atoms with Crippen molar-refractivity contribution in [2.24, 2.45) is 11.8 Å². The van der Waals surface area contributed by atoms with Crippen LogP contribution in [0.2, 0.25) is 0 Å². The molecular formula is C20H24O2. The van der Waals surface area contributed by atoms with E-state index in [1.807, 2.05) is 20.8 Å². The summed E-state index contributed by atoms with van der Waals surface area (Å²) < 4.78 is 5.61. The lowest BCUT2D eigenvalue weighted by atomic mass is 9.62. The van der Waals surface area contributed by atoms with Gasteiger partial charge in [0.05, 0.1) is 5.92 Å². The Balaban J connectivity index is 1.93. The Kier molecular flexibility index (Phi) is 3.72. The Hall–Kier alpha value is -1.83. The molecule has 22 heavy (non-hydrogen) atoms. The van der Waals surface area contributed by atoms with Crippen molar-refractivity contribution in [3.63, 3.8) is 0 Å². The van der Waals surface area contributed by atoms with Gasteiger partial charge in [-0.2, -0.15) is 0 Å². The molecule has 3 rings (SSSR count). The first-order chi connectivity index (χ1) is 10.4. The second-order valence-corrected chi connectivity index (χ2v) is 7.45. The molecular weight excluding hydrogens is 272 g/mol. The van der Waals surface area contributed by atoms with Gasteiger partial charge in [-0.1, -0.05) is 49.4 Å². The Bertz CT molecular complexity index is 691. The predicted molar refractivity (Wildman–Crippen MR) is 89.8 cm³/mol. The number of rotatable bonds is 2. The lowest BCUT2D eigenvalue weighted by molar-refractivity contribution is -0.166. The van der Waals surface area contributed by atoms with Crippen molar-refractivity contribution in [1.82, 2.24) is 0 Å². The van der Waals surface area contributed by atoms with Crippen LogP contribution >= 0.6 is 0 Å². The molecule has 1 fully saturated rings. The van der Waals surface area contributed by atoms with E-state index in [0.29, 0.717) is 5.92 Å². The van der Waals surface area contributed by atoms with Crippen LogP contribution in [0, 0.1) is 11.8 Å². The van der Waals surface area contributed by atoms with Crippen LogP contribution in [0.4, 0.5) is 0 Å². The van der Waals surface area contributed by atoms with Crippen molar-refractivity contribution in [1.29, 1.82) is 0 Å². The summed E-state index contributed by atoms with van der Waals surface area (Å²) in [5.74, 6) is 0.716. The van der Waals surface area contributed by atoms with Gasteiger partial charge in [0, 0.05) is 5.92 Å². The minimum atomic E-state index is -0.417. The van der Waals surface area contributed by atoms with E-state index >= 15 is 0 Å². The quantitative estimate of drug-likeness (QED) is 0.735. The molecule has 0 aliphatic heterocycles. The third-order valence-electron chi connectivity index (χ3n) is 4.56.